The lowest BCUT2D eigenvalue weighted by Crippen LogP contribution is -2.51. The molecule has 2 aromatic carbocycles. The van der Waals surface area contributed by atoms with Crippen LogP contribution in [-0.4, -0.2) is 76.4 Å². The second-order valence-electron chi connectivity index (χ2n) is 11.2. The molecule has 3 fully saturated rings. The number of benzene rings is 2. The highest BCUT2D eigenvalue weighted by atomic mass is 16.5. The van der Waals surface area contributed by atoms with Gasteiger partial charge in [-0.05, 0) is 86.3 Å². The molecule has 2 bridgehead atoms. The smallest absolute Gasteiger partial charge is 0.319 e. The lowest BCUT2D eigenvalue weighted by Gasteiger charge is -2.34. The van der Waals surface area contributed by atoms with Crippen molar-refractivity contribution in [1.29, 1.82) is 0 Å². The van der Waals surface area contributed by atoms with Crippen LogP contribution in [0.5, 0.6) is 11.8 Å². The molecule has 4 aromatic rings. The van der Waals surface area contributed by atoms with Crippen LogP contribution in [0.25, 0.3) is 32.9 Å². The summed E-state index contributed by atoms with van der Waals surface area (Å²) in [5.41, 5.74) is 4.57. The molecule has 7 rings (SSSR count). The Balaban J connectivity index is 1.33. The van der Waals surface area contributed by atoms with Crippen molar-refractivity contribution < 1.29 is 9.84 Å². The number of nitrogens with one attached hydrogen (secondary N) is 1. The van der Waals surface area contributed by atoms with Crippen molar-refractivity contribution in [2.75, 3.05) is 38.2 Å². The van der Waals surface area contributed by atoms with Gasteiger partial charge in [0.2, 0.25) is 0 Å². The Kier molecular flexibility index (Phi) is 5.82. The van der Waals surface area contributed by atoms with Crippen molar-refractivity contribution in [2.24, 2.45) is 0 Å². The van der Waals surface area contributed by atoms with E-state index in [0.29, 0.717) is 30.7 Å². The lowest BCUT2D eigenvalue weighted by atomic mass is 9.95. The van der Waals surface area contributed by atoms with E-state index in [1.165, 1.54) is 19.3 Å². The Morgan fingerprint density at radius 1 is 1.08 bits per heavy atom. The van der Waals surface area contributed by atoms with Gasteiger partial charge in [0.15, 0.2) is 5.82 Å². The highest BCUT2D eigenvalue weighted by Gasteiger charge is 2.34. The zero-order valence-corrected chi connectivity index (χ0v) is 22.0. The minimum atomic E-state index is 0.238. The molecule has 3 unspecified atom stereocenters. The standard InChI is InChI=1S/C30H34N6O2/c1-18-5-3-6-19-11-24(37)13-25(27(18)19)20-12-26-28(31-14-20)29(36-15-21-8-9-22(16-36)32-21)34-30(33-26)38-17-23-7-4-10-35(23)2/h3,5-6,11-14,21-23,32,37H,4,7-10,15-17H2,1-2H3. The van der Waals surface area contributed by atoms with Crippen LogP contribution < -0.4 is 15.0 Å². The van der Waals surface area contributed by atoms with Crippen molar-refractivity contribution in [3.05, 3.63) is 48.2 Å². The van der Waals surface area contributed by atoms with Gasteiger partial charge in [0, 0.05) is 43.0 Å². The predicted molar refractivity (Wildman–Crippen MR) is 150 cm³/mol. The largest absolute Gasteiger partial charge is 0.508 e. The van der Waals surface area contributed by atoms with E-state index in [1.54, 1.807) is 0 Å². The second-order valence-corrected chi connectivity index (χ2v) is 11.2. The molecule has 0 amide bonds. The maximum absolute atomic E-state index is 10.5. The van der Waals surface area contributed by atoms with Crippen LogP contribution in [0, 0.1) is 6.92 Å². The van der Waals surface area contributed by atoms with E-state index in [1.807, 2.05) is 30.5 Å². The van der Waals surface area contributed by atoms with Gasteiger partial charge in [0.1, 0.15) is 17.9 Å². The number of rotatable bonds is 5. The normalized spacial score (nSPS) is 23.5. The van der Waals surface area contributed by atoms with Gasteiger partial charge in [-0.1, -0.05) is 18.2 Å². The maximum atomic E-state index is 10.5. The Hall–Kier alpha value is -3.49. The van der Waals surface area contributed by atoms with Crippen molar-refractivity contribution in [2.45, 2.75) is 50.7 Å². The third-order valence-electron chi connectivity index (χ3n) is 8.57. The fourth-order valence-corrected chi connectivity index (χ4v) is 6.57. The number of anilines is 1. The number of hydrogen-bond acceptors (Lipinski definition) is 8. The van der Waals surface area contributed by atoms with Gasteiger partial charge in [-0.25, -0.2) is 0 Å². The van der Waals surface area contributed by atoms with E-state index in [-0.39, 0.29) is 5.75 Å². The topological polar surface area (TPSA) is 86.6 Å². The molecule has 3 atom stereocenters. The summed E-state index contributed by atoms with van der Waals surface area (Å²) in [4.78, 5) is 19.4. The summed E-state index contributed by atoms with van der Waals surface area (Å²) in [6, 6.07) is 13.6. The highest BCUT2D eigenvalue weighted by molar-refractivity contribution is 6.01. The molecule has 38 heavy (non-hydrogen) atoms. The maximum Gasteiger partial charge on any atom is 0.319 e. The number of phenols is 1. The summed E-state index contributed by atoms with van der Waals surface area (Å²) in [7, 11) is 2.15. The monoisotopic (exact) mass is 510 g/mol. The number of phenolic OH excluding ortho intramolecular Hbond substituents is 1. The molecule has 5 heterocycles. The third kappa shape index (κ3) is 4.22. The summed E-state index contributed by atoms with van der Waals surface area (Å²) < 4.78 is 6.25. The number of pyridine rings is 1. The number of ether oxygens (including phenoxy) is 1. The molecular weight excluding hydrogens is 476 g/mol. The predicted octanol–water partition coefficient (Wildman–Crippen LogP) is 4.27. The fourth-order valence-electron chi connectivity index (χ4n) is 6.57. The number of nitrogens with zero attached hydrogens (tertiary/aromatic N) is 5. The van der Waals surface area contributed by atoms with Crippen LogP contribution in [0.3, 0.4) is 0 Å². The number of aryl methyl sites for hydroxylation is 1. The Morgan fingerprint density at radius 3 is 2.71 bits per heavy atom. The molecule has 2 aromatic heterocycles. The SMILES string of the molecule is Cc1cccc2cc(O)cc(-c3cnc4c(N5CC6CCC(C5)N6)nc(OCC5CCCN5C)nc4c3)c12. The zero-order chi connectivity index (χ0) is 25.8. The number of likely N-dealkylation sites (tertiary alicyclic amines) is 1. The minimum Gasteiger partial charge on any atom is -0.508 e. The van der Waals surface area contributed by atoms with E-state index >= 15 is 0 Å². The quantitative estimate of drug-likeness (QED) is 0.412. The molecule has 196 valence electrons. The average Bonchev–Trinajstić information content (AvgIpc) is 3.49. The molecule has 0 radical (unpaired) electrons. The first kappa shape index (κ1) is 23.6. The van der Waals surface area contributed by atoms with E-state index in [2.05, 4.69) is 41.2 Å². The Morgan fingerprint density at radius 2 is 1.92 bits per heavy atom. The van der Waals surface area contributed by atoms with E-state index in [9.17, 15) is 5.11 Å². The highest BCUT2D eigenvalue weighted by Crippen LogP contribution is 2.37. The Labute approximate surface area is 222 Å². The lowest BCUT2D eigenvalue weighted by molar-refractivity contribution is 0.188. The molecular formula is C30H34N6O2. The van der Waals surface area contributed by atoms with Gasteiger partial charge < -0.3 is 25.0 Å². The van der Waals surface area contributed by atoms with Crippen LogP contribution >= 0.6 is 0 Å². The number of piperazine rings is 1. The molecule has 3 aliphatic heterocycles. The van der Waals surface area contributed by atoms with Gasteiger partial charge in [0.05, 0.1) is 5.52 Å². The van der Waals surface area contributed by atoms with Crippen molar-refractivity contribution >= 4 is 27.6 Å². The van der Waals surface area contributed by atoms with Crippen LogP contribution in [0.2, 0.25) is 0 Å². The molecule has 2 N–H and O–H groups in total. The van der Waals surface area contributed by atoms with Crippen LogP contribution in [0.4, 0.5) is 5.82 Å². The first-order chi connectivity index (χ1) is 18.5. The van der Waals surface area contributed by atoms with E-state index in [4.69, 9.17) is 19.7 Å². The summed E-state index contributed by atoms with van der Waals surface area (Å²) >= 11 is 0. The number of fused-ring (bicyclic) bond motifs is 4. The Bertz CT molecular complexity index is 1510. The summed E-state index contributed by atoms with van der Waals surface area (Å²) in [6.45, 7) is 5.60. The molecule has 3 aliphatic rings. The minimum absolute atomic E-state index is 0.238. The van der Waals surface area contributed by atoms with Crippen molar-refractivity contribution in [3.63, 3.8) is 0 Å². The molecule has 0 spiro atoms. The second kappa shape index (κ2) is 9.36. The van der Waals surface area contributed by atoms with Crippen LogP contribution in [-0.2, 0) is 0 Å². The van der Waals surface area contributed by atoms with Gasteiger partial charge in [-0.2, -0.15) is 9.97 Å². The van der Waals surface area contributed by atoms with Gasteiger partial charge in [0.25, 0.3) is 0 Å². The molecule has 8 heteroatoms. The van der Waals surface area contributed by atoms with E-state index in [0.717, 1.165) is 70.4 Å². The van der Waals surface area contributed by atoms with Gasteiger partial charge in [-0.15, -0.1) is 0 Å². The number of aromatic nitrogens is 3. The third-order valence-corrected chi connectivity index (χ3v) is 8.57. The first-order valence-corrected chi connectivity index (χ1v) is 13.8. The number of hydrogen-bond donors (Lipinski definition) is 2. The molecule has 0 aliphatic carbocycles. The fraction of sp³-hybridized carbons (Fsp3) is 0.433. The molecule has 3 saturated heterocycles. The van der Waals surface area contributed by atoms with Crippen LogP contribution in [0.15, 0.2) is 42.6 Å². The van der Waals surface area contributed by atoms with Gasteiger partial charge in [-0.3, -0.25) is 4.98 Å². The van der Waals surface area contributed by atoms with Crippen LogP contribution in [0.1, 0.15) is 31.2 Å². The van der Waals surface area contributed by atoms with Crippen molar-refractivity contribution in [1.82, 2.24) is 25.2 Å². The average molecular weight is 511 g/mol. The van der Waals surface area contributed by atoms with Gasteiger partial charge >= 0.3 is 6.01 Å². The molecule has 8 nitrogen and oxygen atoms in total. The summed E-state index contributed by atoms with van der Waals surface area (Å²) in [5.74, 6) is 1.09. The summed E-state index contributed by atoms with van der Waals surface area (Å²) in [6.07, 6.45) is 6.61. The zero-order valence-electron chi connectivity index (χ0n) is 22.0. The van der Waals surface area contributed by atoms with Crippen molar-refractivity contribution in [3.8, 4) is 22.9 Å². The number of aromatic hydroxyl groups is 1. The van der Waals surface area contributed by atoms with E-state index < -0.39 is 0 Å². The summed E-state index contributed by atoms with van der Waals surface area (Å²) in [5, 5.41) is 16.3. The first-order valence-electron chi connectivity index (χ1n) is 13.8. The molecule has 0 saturated carbocycles. The number of likely N-dealkylation sites (N-methyl/N-ethyl adjacent to an activating group) is 1.